The van der Waals surface area contributed by atoms with Crippen LogP contribution in [0, 0.1) is 0 Å². The van der Waals surface area contributed by atoms with Crippen molar-refractivity contribution in [3.05, 3.63) is 131 Å². The van der Waals surface area contributed by atoms with Crippen LogP contribution in [0.5, 0.6) is 11.5 Å². The lowest BCUT2D eigenvalue weighted by Crippen LogP contribution is -3.00. The van der Waals surface area contributed by atoms with Crippen molar-refractivity contribution in [2.75, 3.05) is 49.2 Å². The van der Waals surface area contributed by atoms with Crippen LogP contribution in [-0.4, -0.2) is 39.4 Å². The molecule has 8 rings (SSSR count). The number of hydrogen-bond donors (Lipinski definition) is 0. The van der Waals surface area contributed by atoms with E-state index in [9.17, 15) is 0 Å². The number of benzene rings is 4. The Bertz CT molecular complexity index is 2030. The molecular formula is C46H50Br2Cl2N4O2. The summed E-state index contributed by atoms with van der Waals surface area (Å²) >= 11 is 13.0. The molecule has 0 bridgehead atoms. The summed E-state index contributed by atoms with van der Waals surface area (Å²) in [5.41, 5.74) is 7.34. The Morgan fingerprint density at radius 3 is 1.21 bits per heavy atom. The van der Waals surface area contributed by atoms with E-state index < -0.39 is 0 Å². The Morgan fingerprint density at radius 1 is 0.464 bits per heavy atom. The van der Waals surface area contributed by atoms with Gasteiger partial charge < -0.3 is 53.2 Å². The predicted octanol–water partition coefficient (Wildman–Crippen LogP) is 4.20. The number of ether oxygens (including phenoxy) is 2. The van der Waals surface area contributed by atoms with Crippen molar-refractivity contribution in [1.82, 2.24) is 0 Å². The average Bonchev–Trinajstić information content (AvgIpc) is 3.65. The highest BCUT2D eigenvalue weighted by Crippen LogP contribution is 2.31. The first kappa shape index (κ1) is 42.1. The van der Waals surface area contributed by atoms with Crippen LogP contribution in [0.4, 0.5) is 11.4 Å². The lowest BCUT2D eigenvalue weighted by atomic mass is 10.1. The summed E-state index contributed by atoms with van der Waals surface area (Å²) in [7, 11) is 0. The summed E-state index contributed by atoms with van der Waals surface area (Å²) in [5.74, 6) is 1.66. The lowest BCUT2D eigenvalue weighted by molar-refractivity contribution is -0.662. The molecule has 0 unspecified atom stereocenters. The molecule has 6 nitrogen and oxygen atoms in total. The highest BCUT2D eigenvalue weighted by molar-refractivity contribution is 6.31. The molecule has 2 saturated heterocycles. The summed E-state index contributed by atoms with van der Waals surface area (Å²) in [4.78, 5) is 5.10. The van der Waals surface area contributed by atoms with Crippen LogP contribution in [0.3, 0.4) is 0 Å². The minimum absolute atomic E-state index is 0. The first-order valence-corrected chi connectivity index (χ1v) is 20.5. The predicted molar refractivity (Wildman–Crippen MR) is 222 cm³/mol. The van der Waals surface area contributed by atoms with Crippen molar-refractivity contribution in [3.63, 3.8) is 0 Å². The zero-order valence-electron chi connectivity index (χ0n) is 31.8. The Labute approximate surface area is 362 Å². The number of fused-ring (bicyclic) bond motifs is 2. The molecule has 2 aliphatic heterocycles. The number of nitrogens with zero attached hydrogens (tertiary/aromatic N) is 4. The van der Waals surface area contributed by atoms with Crippen molar-refractivity contribution in [3.8, 4) is 11.5 Å². The van der Waals surface area contributed by atoms with Gasteiger partial charge in [0.05, 0.1) is 22.1 Å². The zero-order chi connectivity index (χ0) is 36.7. The molecule has 6 aromatic rings. The Kier molecular flexibility index (Phi) is 15.2. The molecule has 4 aromatic carbocycles. The van der Waals surface area contributed by atoms with E-state index in [1.807, 2.05) is 36.4 Å². The Balaban J connectivity index is 0.00000266. The van der Waals surface area contributed by atoms with Gasteiger partial charge in [-0.15, -0.1) is 0 Å². The number of halogens is 4. The third kappa shape index (κ3) is 10.3. The molecule has 10 heteroatoms. The molecule has 4 heterocycles. The molecular weight excluding hydrogens is 871 g/mol. The molecule has 0 radical (unpaired) electrons. The van der Waals surface area contributed by atoms with Crippen molar-refractivity contribution >= 4 is 56.4 Å². The second-order valence-corrected chi connectivity index (χ2v) is 15.6. The number of rotatable bonds is 11. The van der Waals surface area contributed by atoms with Gasteiger partial charge in [0, 0.05) is 71.6 Å². The van der Waals surface area contributed by atoms with Crippen LogP contribution in [-0.2, 0) is 13.1 Å². The van der Waals surface area contributed by atoms with E-state index in [0.29, 0.717) is 13.2 Å². The fraction of sp³-hybridized carbons (Fsp3) is 0.348. The quantitative estimate of drug-likeness (QED) is 0.144. The SMILES string of the molecule is Clc1ccc2c(N3CCCCCC3)cc[n+](Cc3ccc(OCCOc4ccc(C[n+]5ccc(N6CCCCCC6)c6ccc(Cl)cc65)cc4)cc3)c2c1.[Br-].[Br-]. The van der Waals surface area contributed by atoms with Gasteiger partial charge in [-0.05, 0) is 98.5 Å². The van der Waals surface area contributed by atoms with Crippen LogP contribution in [0.1, 0.15) is 62.5 Å². The topological polar surface area (TPSA) is 32.7 Å². The number of anilines is 2. The van der Waals surface area contributed by atoms with Gasteiger partial charge in [0.1, 0.15) is 24.7 Å². The molecule has 2 fully saturated rings. The van der Waals surface area contributed by atoms with Crippen LogP contribution in [0.2, 0.25) is 10.0 Å². The van der Waals surface area contributed by atoms with E-state index in [1.165, 1.54) is 84.6 Å². The third-order valence-corrected chi connectivity index (χ3v) is 11.5. The Hall–Kier alpha value is -3.56. The fourth-order valence-corrected chi connectivity index (χ4v) is 8.46. The number of hydrogen-bond acceptors (Lipinski definition) is 4. The van der Waals surface area contributed by atoms with Gasteiger partial charge in [-0.25, -0.2) is 0 Å². The van der Waals surface area contributed by atoms with E-state index in [-0.39, 0.29) is 34.0 Å². The number of pyridine rings is 2. The largest absolute Gasteiger partial charge is 1.00 e. The van der Waals surface area contributed by atoms with Crippen LogP contribution in [0.25, 0.3) is 21.8 Å². The van der Waals surface area contributed by atoms with Gasteiger partial charge in [-0.3, -0.25) is 0 Å². The van der Waals surface area contributed by atoms with Gasteiger partial charge >= 0.3 is 0 Å². The van der Waals surface area contributed by atoms with Crippen molar-refractivity contribution in [2.45, 2.75) is 64.5 Å². The number of aromatic nitrogens is 2. The first-order chi connectivity index (χ1) is 26.6. The molecule has 0 amide bonds. The molecule has 0 spiro atoms. The van der Waals surface area contributed by atoms with E-state index in [0.717, 1.165) is 71.8 Å². The molecule has 2 aromatic heterocycles. The summed E-state index contributed by atoms with van der Waals surface area (Å²) in [6.07, 6.45) is 14.7. The van der Waals surface area contributed by atoms with E-state index in [1.54, 1.807) is 0 Å². The molecule has 0 saturated carbocycles. The molecule has 0 atom stereocenters. The maximum atomic E-state index is 6.51. The van der Waals surface area contributed by atoms with Gasteiger partial charge in [0.25, 0.3) is 0 Å². The van der Waals surface area contributed by atoms with E-state index in [2.05, 4.69) is 92.0 Å². The maximum Gasteiger partial charge on any atom is 0.216 e. The van der Waals surface area contributed by atoms with E-state index in [4.69, 9.17) is 32.7 Å². The van der Waals surface area contributed by atoms with Gasteiger partial charge in [0.2, 0.25) is 11.0 Å². The second-order valence-electron chi connectivity index (χ2n) is 14.8. The molecule has 56 heavy (non-hydrogen) atoms. The van der Waals surface area contributed by atoms with Crippen LogP contribution >= 0.6 is 23.2 Å². The third-order valence-electron chi connectivity index (χ3n) is 11.0. The second kappa shape index (κ2) is 20.2. The lowest BCUT2D eigenvalue weighted by Gasteiger charge is -2.23. The smallest absolute Gasteiger partial charge is 0.216 e. The summed E-state index contributed by atoms with van der Waals surface area (Å²) in [5, 5.41) is 4.02. The fourth-order valence-electron chi connectivity index (χ4n) is 8.12. The maximum absolute atomic E-state index is 6.51. The van der Waals surface area contributed by atoms with Crippen LogP contribution < -0.4 is 62.4 Å². The molecule has 2 aliphatic rings. The van der Waals surface area contributed by atoms with Crippen molar-refractivity contribution in [1.29, 1.82) is 0 Å². The zero-order valence-corrected chi connectivity index (χ0v) is 36.5. The summed E-state index contributed by atoms with van der Waals surface area (Å²) < 4.78 is 16.7. The average molecular weight is 922 g/mol. The van der Waals surface area contributed by atoms with Crippen molar-refractivity contribution in [2.24, 2.45) is 0 Å². The minimum Gasteiger partial charge on any atom is -1.00 e. The minimum atomic E-state index is 0. The van der Waals surface area contributed by atoms with Crippen LogP contribution in [0.15, 0.2) is 109 Å². The standard InChI is InChI=1S/C46H50Cl2N4O2.2BrH/c47-37-13-19-41-43(49-23-5-1-2-6-24-49)21-27-51(45(41)31-37)33-35-9-15-39(16-10-35)53-29-30-54-40-17-11-36(12-18-40)34-52-28-22-44(50-25-7-3-4-8-26-50)42-20-14-38(48)32-46(42)52;;/h9-22,27-28,31-32H,1-8,23-26,29-30,33-34H2;2*1H/q+2;;/p-2. The summed E-state index contributed by atoms with van der Waals surface area (Å²) in [6.45, 7) is 6.88. The monoisotopic (exact) mass is 918 g/mol. The van der Waals surface area contributed by atoms with E-state index >= 15 is 0 Å². The highest BCUT2D eigenvalue weighted by atomic mass is 79.9. The van der Waals surface area contributed by atoms with Gasteiger partial charge in [-0.1, -0.05) is 48.9 Å². The van der Waals surface area contributed by atoms with Crippen molar-refractivity contribution < 1.29 is 52.6 Å². The van der Waals surface area contributed by atoms with Gasteiger partial charge in [-0.2, -0.15) is 9.13 Å². The Morgan fingerprint density at radius 2 is 0.839 bits per heavy atom. The van der Waals surface area contributed by atoms with Gasteiger partial charge in [0.15, 0.2) is 25.5 Å². The molecule has 294 valence electrons. The molecule has 0 N–H and O–H groups in total. The normalized spacial score (nSPS) is 14.8. The molecule has 0 aliphatic carbocycles. The highest BCUT2D eigenvalue weighted by Gasteiger charge is 2.21. The first-order valence-electron chi connectivity index (χ1n) is 19.7. The summed E-state index contributed by atoms with van der Waals surface area (Å²) in [6, 6.07) is 33.8.